The molecule has 0 bridgehead atoms. The van der Waals surface area contributed by atoms with Crippen LogP contribution in [-0.2, 0) is 0 Å². The van der Waals surface area contributed by atoms with Gasteiger partial charge in [-0.15, -0.1) is 39.5 Å². The fourth-order valence-corrected chi connectivity index (χ4v) is 1.93. The van der Waals surface area contributed by atoms with Gasteiger partial charge >= 0.3 is 19.1 Å². The average molecular weight is 415 g/mol. The lowest BCUT2D eigenvalue weighted by Gasteiger charge is -2.31. The largest absolute Gasteiger partial charge is 0.573 e. The van der Waals surface area contributed by atoms with E-state index in [-0.39, 0.29) is 12.1 Å². The molecular formula is C14H14F9NO3. The van der Waals surface area contributed by atoms with Crippen LogP contribution in [0.4, 0.5) is 39.5 Å². The first-order chi connectivity index (χ1) is 11.8. The number of nitrogens with two attached hydrogens (primary N) is 1. The maximum Gasteiger partial charge on any atom is 0.573 e. The maximum absolute atomic E-state index is 12.6. The van der Waals surface area contributed by atoms with E-state index < -0.39 is 53.4 Å². The molecule has 0 aromatic heterocycles. The van der Waals surface area contributed by atoms with Gasteiger partial charge in [0.15, 0.2) is 0 Å². The van der Waals surface area contributed by atoms with Crippen molar-refractivity contribution in [2.45, 2.75) is 45.9 Å². The molecule has 0 saturated heterocycles. The van der Waals surface area contributed by atoms with Gasteiger partial charge in [0.05, 0.1) is 5.56 Å². The Kier molecular flexibility index (Phi) is 6.10. The summed E-state index contributed by atoms with van der Waals surface area (Å²) in [5, 5.41) is 0. The molecule has 0 heterocycles. The first-order valence-electron chi connectivity index (χ1n) is 6.99. The Morgan fingerprint density at radius 2 is 1.04 bits per heavy atom. The molecule has 0 radical (unpaired) electrons. The van der Waals surface area contributed by atoms with E-state index in [0.717, 1.165) is 0 Å². The van der Waals surface area contributed by atoms with E-state index in [9.17, 15) is 39.5 Å². The number of hydrogen-bond donors (Lipinski definition) is 1. The van der Waals surface area contributed by atoms with Crippen molar-refractivity contribution >= 4 is 0 Å². The minimum atomic E-state index is -5.43. The number of ether oxygens (including phenoxy) is 3. The SMILES string of the molecule is CC(C)(C)C(N)c1c(OC(F)(F)F)cc(OC(F)(F)F)cc1OC(F)(F)F. The first kappa shape index (κ1) is 23.0. The molecule has 1 aromatic rings. The second-order valence-electron chi connectivity index (χ2n) is 6.32. The zero-order chi connectivity index (χ0) is 21.4. The minimum absolute atomic E-state index is 0.130. The highest BCUT2D eigenvalue weighted by atomic mass is 19.4. The fourth-order valence-electron chi connectivity index (χ4n) is 1.93. The summed E-state index contributed by atoms with van der Waals surface area (Å²) < 4.78 is 123. The lowest BCUT2D eigenvalue weighted by atomic mass is 9.82. The zero-order valence-corrected chi connectivity index (χ0v) is 13.9. The summed E-state index contributed by atoms with van der Waals surface area (Å²) >= 11 is 0. The second kappa shape index (κ2) is 7.17. The van der Waals surface area contributed by atoms with Gasteiger partial charge in [-0.25, -0.2) is 0 Å². The highest BCUT2D eigenvalue weighted by Crippen LogP contribution is 2.47. The molecule has 2 N–H and O–H groups in total. The molecule has 0 amide bonds. The van der Waals surface area contributed by atoms with Crippen molar-refractivity contribution < 1.29 is 53.7 Å². The molecule has 1 rings (SSSR count). The highest BCUT2D eigenvalue weighted by Gasteiger charge is 2.40. The van der Waals surface area contributed by atoms with Crippen molar-refractivity contribution in [2.24, 2.45) is 11.1 Å². The van der Waals surface area contributed by atoms with Gasteiger partial charge in [0, 0.05) is 18.2 Å². The minimum Gasteiger partial charge on any atom is -0.406 e. The smallest absolute Gasteiger partial charge is 0.406 e. The van der Waals surface area contributed by atoms with Gasteiger partial charge in [0.1, 0.15) is 17.2 Å². The molecule has 27 heavy (non-hydrogen) atoms. The fraction of sp³-hybridized carbons (Fsp3) is 0.571. The molecule has 156 valence electrons. The highest BCUT2D eigenvalue weighted by molar-refractivity contribution is 5.53. The van der Waals surface area contributed by atoms with Crippen molar-refractivity contribution in [3.8, 4) is 17.2 Å². The van der Waals surface area contributed by atoms with E-state index in [4.69, 9.17) is 5.73 Å². The van der Waals surface area contributed by atoms with Crippen molar-refractivity contribution in [2.75, 3.05) is 0 Å². The van der Waals surface area contributed by atoms with E-state index in [1.807, 2.05) is 0 Å². The third-order valence-electron chi connectivity index (χ3n) is 3.01. The normalized spacial score (nSPS) is 14.7. The third kappa shape index (κ3) is 7.61. The van der Waals surface area contributed by atoms with Gasteiger partial charge in [-0.05, 0) is 5.41 Å². The lowest BCUT2D eigenvalue weighted by molar-refractivity contribution is -0.279. The summed E-state index contributed by atoms with van der Waals surface area (Å²) in [6.45, 7) is 4.14. The van der Waals surface area contributed by atoms with E-state index in [1.165, 1.54) is 20.8 Å². The summed E-state index contributed by atoms with van der Waals surface area (Å²) in [5.41, 5.74) is 3.70. The van der Waals surface area contributed by atoms with Crippen LogP contribution in [-0.4, -0.2) is 19.1 Å². The van der Waals surface area contributed by atoms with Crippen LogP contribution in [0.5, 0.6) is 17.2 Å². The maximum atomic E-state index is 12.6. The van der Waals surface area contributed by atoms with E-state index >= 15 is 0 Å². The number of halogens is 9. The molecular weight excluding hydrogens is 401 g/mol. The molecule has 1 aromatic carbocycles. The summed E-state index contributed by atoms with van der Waals surface area (Å²) in [7, 11) is 0. The van der Waals surface area contributed by atoms with Crippen LogP contribution >= 0.6 is 0 Å². The third-order valence-corrected chi connectivity index (χ3v) is 3.01. The second-order valence-corrected chi connectivity index (χ2v) is 6.32. The molecule has 0 saturated carbocycles. The number of hydrogen-bond acceptors (Lipinski definition) is 4. The van der Waals surface area contributed by atoms with Crippen LogP contribution in [0, 0.1) is 5.41 Å². The predicted octanol–water partition coefficient (Wildman–Crippen LogP) is 5.43. The molecule has 0 fully saturated rings. The van der Waals surface area contributed by atoms with Crippen LogP contribution in [0.1, 0.15) is 32.4 Å². The van der Waals surface area contributed by atoms with Gasteiger partial charge in [-0.1, -0.05) is 20.8 Å². The molecule has 0 spiro atoms. The van der Waals surface area contributed by atoms with Crippen molar-refractivity contribution in [1.29, 1.82) is 0 Å². The van der Waals surface area contributed by atoms with Crippen molar-refractivity contribution in [3.05, 3.63) is 17.7 Å². The molecule has 0 aliphatic carbocycles. The topological polar surface area (TPSA) is 53.7 Å². The molecule has 4 nitrogen and oxygen atoms in total. The van der Waals surface area contributed by atoms with E-state index in [0.29, 0.717) is 0 Å². The van der Waals surface area contributed by atoms with Gasteiger partial charge in [-0.2, -0.15) is 0 Å². The summed E-state index contributed by atoms with van der Waals surface area (Å²) in [6, 6.07) is -1.27. The predicted molar refractivity (Wildman–Crippen MR) is 72.9 cm³/mol. The summed E-state index contributed by atoms with van der Waals surface area (Å²) in [5.74, 6) is -4.23. The lowest BCUT2D eigenvalue weighted by Crippen LogP contribution is -2.30. The van der Waals surface area contributed by atoms with Crippen LogP contribution in [0.25, 0.3) is 0 Å². The summed E-state index contributed by atoms with van der Waals surface area (Å²) in [6.07, 6.45) is -16.3. The van der Waals surface area contributed by atoms with E-state index in [1.54, 1.807) is 0 Å². The number of benzene rings is 1. The van der Waals surface area contributed by atoms with Crippen LogP contribution < -0.4 is 19.9 Å². The van der Waals surface area contributed by atoms with Gasteiger partial charge in [0.25, 0.3) is 0 Å². The van der Waals surface area contributed by atoms with Gasteiger partial charge in [0.2, 0.25) is 0 Å². The van der Waals surface area contributed by atoms with Gasteiger partial charge < -0.3 is 19.9 Å². The average Bonchev–Trinajstić information content (AvgIpc) is 2.30. The molecule has 0 aliphatic rings. The molecule has 0 aliphatic heterocycles. The Hall–Kier alpha value is -2.05. The van der Waals surface area contributed by atoms with Gasteiger partial charge in [-0.3, -0.25) is 0 Å². The van der Waals surface area contributed by atoms with Crippen LogP contribution in [0.2, 0.25) is 0 Å². The van der Waals surface area contributed by atoms with Crippen LogP contribution in [0.15, 0.2) is 12.1 Å². The molecule has 13 heteroatoms. The Balaban J connectivity index is 3.70. The molecule has 1 atom stereocenters. The zero-order valence-electron chi connectivity index (χ0n) is 13.9. The monoisotopic (exact) mass is 415 g/mol. The number of rotatable bonds is 4. The summed E-state index contributed by atoms with van der Waals surface area (Å²) in [4.78, 5) is 0. The van der Waals surface area contributed by atoms with E-state index in [2.05, 4.69) is 14.2 Å². The standard InChI is InChI=1S/C14H14F9NO3/c1-11(2,3)10(24)9-7(26-13(18,19)20)4-6(25-12(15,16)17)5-8(9)27-14(21,22)23/h4-5,10H,24H2,1-3H3. The van der Waals surface area contributed by atoms with Crippen LogP contribution in [0.3, 0.4) is 0 Å². The Labute approximate surface area is 147 Å². The Morgan fingerprint density at radius 1 is 0.704 bits per heavy atom. The first-order valence-corrected chi connectivity index (χ1v) is 6.99. The van der Waals surface area contributed by atoms with Crippen molar-refractivity contribution in [3.63, 3.8) is 0 Å². The Bertz CT molecular complexity index is 623. The Morgan fingerprint density at radius 3 is 1.30 bits per heavy atom. The van der Waals surface area contributed by atoms with Crippen molar-refractivity contribution in [1.82, 2.24) is 0 Å². The quantitative estimate of drug-likeness (QED) is 0.667. The number of alkyl halides is 9. The molecule has 1 unspecified atom stereocenters.